The first-order valence-corrected chi connectivity index (χ1v) is 11.5. The molecule has 0 unspecified atom stereocenters. The first kappa shape index (κ1) is 24.4. The Balaban J connectivity index is 1.26. The van der Waals surface area contributed by atoms with Crippen LogP contribution < -0.4 is 20.4 Å². The highest BCUT2D eigenvalue weighted by Gasteiger charge is 2.33. The van der Waals surface area contributed by atoms with Crippen molar-refractivity contribution in [2.75, 3.05) is 62.2 Å². The molecule has 3 heterocycles. The summed E-state index contributed by atoms with van der Waals surface area (Å²) in [5.74, 6) is -0.576. The Hall–Kier alpha value is -3.74. The van der Waals surface area contributed by atoms with Gasteiger partial charge in [0.2, 0.25) is 11.8 Å². The van der Waals surface area contributed by atoms with Crippen molar-refractivity contribution in [2.24, 2.45) is 0 Å². The number of nitrogens with one attached hydrogen (secondary N) is 2. The third-order valence-corrected chi connectivity index (χ3v) is 5.90. The lowest BCUT2D eigenvalue weighted by molar-refractivity contribution is -0.130. The summed E-state index contributed by atoms with van der Waals surface area (Å²) < 4.78 is 22.0. The minimum Gasteiger partial charge on any atom is -0.442 e. The van der Waals surface area contributed by atoms with E-state index in [0.717, 1.165) is 0 Å². The van der Waals surface area contributed by atoms with Gasteiger partial charge in [0.1, 0.15) is 11.9 Å². The molecular weight excluding hydrogens is 459 g/mol. The van der Waals surface area contributed by atoms with Crippen LogP contribution in [0.25, 0.3) is 0 Å². The summed E-state index contributed by atoms with van der Waals surface area (Å²) in [7, 11) is 0. The number of carbonyl (C=O) groups excluding carboxylic acids is 3. The zero-order chi connectivity index (χ0) is 24.8. The summed E-state index contributed by atoms with van der Waals surface area (Å²) in [6.07, 6.45) is 2.30. The molecule has 0 aliphatic carbocycles. The van der Waals surface area contributed by atoms with Crippen LogP contribution in [0.4, 0.5) is 20.6 Å². The number of benzene rings is 1. The molecule has 35 heavy (non-hydrogen) atoms. The number of carbonyl (C=O) groups is 3. The third kappa shape index (κ3) is 6.23. The Morgan fingerprint density at radius 2 is 2.00 bits per heavy atom. The maximum Gasteiger partial charge on any atom is 0.414 e. The van der Waals surface area contributed by atoms with Gasteiger partial charge in [0, 0.05) is 52.4 Å². The Labute approximate surface area is 202 Å². The normalized spacial score (nSPS) is 18.1. The maximum atomic E-state index is 15.0. The topological polar surface area (TPSA) is 125 Å². The molecule has 1 aromatic heterocycles. The highest BCUT2D eigenvalue weighted by molar-refractivity contribution is 5.90. The highest BCUT2D eigenvalue weighted by Crippen LogP contribution is 2.28. The predicted octanol–water partition coefficient (Wildman–Crippen LogP) is -0.183. The summed E-state index contributed by atoms with van der Waals surface area (Å²) in [5, 5.41) is 13.3. The van der Waals surface area contributed by atoms with E-state index < -0.39 is 18.0 Å². The molecule has 1 aromatic carbocycles. The summed E-state index contributed by atoms with van der Waals surface area (Å²) in [5.41, 5.74) is 0.859. The lowest BCUT2D eigenvalue weighted by atomic mass is 10.2. The highest BCUT2D eigenvalue weighted by atomic mass is 19.1. The molecule has 0 bridgehead atoms. The summed E-state index contributed by atoms with van der Waals surface area (Å²) in [4.78, 5) is 40.6. The molecule has 1 atom stereocenters. The molecule has 2 saturated heterocycles. The fourth-order valence-electron chi connectivity index (χ4n) is 4.12. The van der Waals surface area contributed by atoms with Gasteiger partial charge in [-0.05, 0) is 18.2 Å². The number of cyclic esters (lactones) is 1. The smallest absolute Gasteiger partial charge is 0.414 e. The van der Waals surface area contributed by atoms with Gasteiger partial charge in [-0.3, -0.25) is 14.5 Å². The lowest BCUT2D eigenvalue weighted by Crippen LogP contribution is -2.51. The number of aromatic nitrogens is 3. The van der Waals surface area contributed by atoms with Crippen LogP contribution >= 0.6 is 0 Å². The number of piperazine rings is 1. The number of hydrogen-bond acceptors (Lipinski definition) is 8. The van der Waals surface area contributed by atoms with E-state index in [1.807, 2.05) is 4.90 Å². The first-order chi connectivity index (χ1) is 16.9. The van der Waals surface area contributed by atoms with Gasteiger partial charge in [-0.2, -0.15) is 0 Å². The van der Waals surface area contributed by atoms with Gasteiger partial charge in [-0.25, -0.2) is 13.9 Å². The second-order valence-corrected chi connectivity index (χ2v) is 8.40. The number of amides is 3. The van der Waals surface area contributed by atoms with Gasteiger partial charge < -0.3 is 25.2 Å². The first-order valence-electron chi connectivity index (χ1n) is 11.5. The second kappa shape index (κ2) is 11.1. The van der Waals surface area contributed by atoms with Crippen LogP contribution in [-0.4, -0.2) is 96.3 Å². The third-order valence-electron chi connectivity index (χ3n) is 5.90. The fraction of sp³-hybridized carbons (Fsp3) is 0.500. The molecule has 2 aromatic rings. The van der Waals surface area contributed by atoms with Gasteiger partial charge >= 0.3 is 6.09 Å². The quantitative estimate of drug-likeness (QED) is 0.466. The van der Waals surface area contributed by atoms with E-state index in [9.17, 15) is 14.4 Å². The molecule has 0 radical (unpaired) electrons. The van der Waals surface area contributed by atoms with E-state index in [4.69, 9.17) is 4.74 Å². The number of hydrogen-bond donors (Lipinski definition) is 2. The Kier molecular flexibility index (Phi) is 7.75. The standard InChI is InChI=1S/C22H29FN8O4/c1-16(32)25-5-4-24-13-21(33)29-10-8-28(9-11-29)20-3-2-17(12-19(20)23)31-15-18(35-22(31)34)14-30-7-6-26-27-30/h2-3,6-7,12,18,24H,4-5,8-11,13-15H2,1H3,(H,25,32)/t18-/m0/s1. The lowest BCUT2D eigenvalue weighted by Gasteiger charge is -2.36. The van der Waals surface area contributed by atoms with Crippen molar-refractivity contribution in [2.45, 2.75) is 19.6 Å². The molecule has 2 fully saturated rings. The van der Waals surface area contributed by atoms with Crippen LogP contribution in [0.3, 0.4) is 0 Å². The van der Waals surface area contributed by atoms with Crippen LogP contribution in [0.5, 0.6) is 0 Å². The van der Waals surface area contributed by atoms with Crippen LogP contribution in [-0.2, 0) is 20.9 Å². The predicted molar refractivity (Wildman–Crippen MR) is 124 cm³/mol. The number of halogens is 1. The molecular formula is C22H29FN8O4. The molecule has 0 saturated carbocycles. The molecule has 3 amide bonds. The van der Waals surface area contributed by atoms with Gasteiger partial charge in [0.25, 0.3) is 0 Å². The van der Waals surface area contributed by atoms with Gasteiger partial charge in [-0.15, -0.1) is 5.10 Å². The van der Waals surface area contributed by atoms with Crippen LogP contribution in [0.2, 0.25) is 0 Å². The van der Waals surface area contributed by atoms with Crippen molar-refractivity contribution in [3.8, 4) is 0 Å². The van der Waals surface area contributed by atoms with E-state index in [0.29, 0.717) is 57.2 Å². The molecule has 13 heteroatoms. The molecule has 2 aliphatic rings. The average molecular weight is 489 g/mol. The fourth-order valence-corrected chi connectivity index (χ4v) is 4.12. The molecule has 2 N–H and O–H groups in total. The number of rotatable bonds is 9. The van der Waals surface area contributed by atoms with Gasteiger partial charge in [0.05, 0.1) is 37.2 Å². The SMILES string of the molecule is CC(=O)NCCNCC(=O)N1CCN(c2ccc(N3C[C@H](Cn4ccnn4)OC3=O)cc2F)CC1. The van der Waals surface area contributed by atoms with Gasteiger partial charge in [0.15, 0.2) is 0 Å². The van der Waals surface area contributed by atoms with Crippen LogP contribution in [0.15, 0.2) is 30.6 Å². The van der Waals surface area contributed by atoms with E-state index >= 15 is 4.39 Å². The number of ether oxygens (including phenoxy) is 1. The van der Waals surface area contributed by atoms with Crippen molar-refractivity contribution in [1.29, 1.82) is 0 Å². The molecule has 12 nitrogen and oxygen atoms in total. The Morgan fingerprint density at radius 3 is 2.69 bits per heavy atom. The van der Waals surface area contributed by atoms with Crippen molar-refractivity contribution >= 4 is 29.3 Å². The minimum atomic E-state index is -0.528. The minimum absolute atomic E-state index is 0.0312. The zero-order valence-electron chi connectivity index (χ0n) is 19.5. The van der Waals surface area contributed by atoms with Crippen molar-refractivity contribution in [3.05, 3.63) is 36.4 Å². The maximum absolute atomic E-state index is 15.0. The van der Waals surface area contributed by atoms with Crippen molar-refractivity contribution < 1.29 is 23.5 Å². The van der Waals surface area contributed by atoms with Crippen LogP contribution in [0.1, 0.15) is 6.92 Å². The monoisotopic (exact) mass is 488 g/mol. The van der Waals surface area contributed by atoms with Crippen molar-refractivity contribution in [3.63, 3.8) is 0 Å². The Morgan fingerprint density at radius 1 is 1.20 bits per heavy atom. The molecule has 2 aliphatic heterocycles. The summed E-state index contributed by atoms with van der Waals surface area (Å²) in [6.45, 7) is 5.22. The average Bonchev–Trinajstić information content (AvgIpc) is 3.48. The molecule has 4 rings (SSSR count). The largest absolute Gasteiger partial charge is 0.442 e. The zero-order valence-corrected chi connectivity index (χ0v) is 19.5. The Bertz CT molecular complexity index is 1040. The van der Waals surface area contributed by atoms with Crippen LogP contribution in [0, 0.1) is 5.82 Å². The number of anilines is 2. The number of nitrogens with zero attached hydrogens (tertiary/aromatic N) is 6. The molecule has 188 valence electrons. The molecule has 0 spiro atoms. The summed E-state index contributed by atoms with van der Waals surface area (Å²) in [6, 6.07) is 4.70. The van der Waals surface area contributed by atoms with Crippen molar-refractivity contribution in [1.82, 2.24) is 30.5 Å². The van der Waals surface area contributed by atoms with E-state index in [1.165, 1.54) is 17.9 Å². The van der Waals surface area contributed by atoms with Gasteiger partial charge in [-0.1, -0.05) is 5.21 Å². The second-order valence-electron chi connectivity index (χ2n) is 8.40. The van der Waals surface area contributed by atoms with E-state index in [2.05, 4.69) is 20.9 Å². The van der Waals surface area contributed by atoms with E-state index in [-0.39, 0.29) is 24.9 Å². The van der Waals surface area contributed by atoms with E-state index in [1.54, 1.807) is 34.1 Å². The summed E-state index contributed by atoms with van der Waals surface area (Å²) >= 11 is 0.